The molecule has 2 aromatic heterocycles. The number of esters is 1. The Morgan fingerprint density at radius 3 is 2.44 bits per heavy atom. The minimum Gasteiger partial charge on any atom is -0.497 e. The molecule has 9 nitrogen and oxygen atoms in total. The predicted molar refractivity (Wildman–Crippen MR) is 150 cm³/mol. The van der Waals surface area contributed by atoms with Gasteiger partial charge in [0.15, 0.2) is 11.0 Å². The van der Waals surface area contributed by atoms with Crippen molar-refractivity contribution >= 4 is 38.7 Å². The first-order valence-electron chi connectivity index (χ1n) is 12.1. The zero-order valence-corrected chi connectivity index (χ0v) is 23.1. The lowest BCUT2D eigenvalue weighted by atomic mass is 10.1. The molecule has 200 valence electrons. The lowest BCUT2D eigenvalue weighted by Crippen LogP contribution is -2.18. The number of ether oxygens (including phenoxy) is 2. The van der Waals surface area contributed by atoms with Crippen molar-refractivity contribution in [3.05, 3.63) is 85.1 Å². The van der Waals surface area contributed by atoms with Crippen LogP contribution in [0, 0.1) is 0 Å². The second-order valence-corrected chi connectivity index (χ2v) is 11.5. The summed E-state index contributed by atoms with van der Waals surface area (Å²) >= 11 is 1.24. The lowest BCUT2D eigenvalue weighted by Gasteiger charge is -2.14. The average molecular weight is 563 g/mol. The van der Waals surface area contributed by atoms with Gasteiger partial charge in [-0.25, -0.2) is 12.4 Å². The predicted octanol–water partition coefficient (Wildman–Crippen LogP) is 5.18. The molecule has 2 heterocycles. The summed E-state index contributed by atoms with van der Waals surface area (Å²) in [5.74, 6) is 0.677. The Morgan fingerprint density at radius 2 is 1.72 bits per heavy atom. The van der Waals surface area contributed by atoms with Crippen LogP contribution in [-0.4, -0.2) is 52.6 Å². The molecule has 0 unspecified atom stereocenters. The number of carbonyl (C=O) groups excluding carboxylic acids is 1. The van der Waals surface area contributed by atoms with E-state index in [1.54, 1.807) is 60.3 Å². The van der Waals surface area contributed by atoms with Crippen LogP contribution in [0.5, 0.6) is 5.75 Å². The summed E-state index contributed by atoms with van der Waals surface area (Å²) in [6.45, 7) is 1.89. The Labute approximate surface area is 230 Å². The number of hydrogen-bond donors (Lipinski definition) is 0. The van der Waals surface area contributed by atoms with Gasteiger partial charge >= 0.3 is 5.97 Å². The van der Waals surface area contributed by atoms with Crippen molar-refractivity contribution < 1.29 is 22.7 Å². The lowest BCUT2D eigenvalue weighted by molar-refractivity contribution is -0.140. The molecule has 0 amide bonds. The maximum atomic E-state index is 13.7. The zero-order valence-electron chi connectivity index (χ0n) is 21.5. The van der Waals surface area contributed by atoms with E-state index in [0.717, 1.165) is 0 Å². The Morgan fingerprint density at radius 1 is 0.974 bits per heavy atom. The van der Waals surface area contributed by atoms with Gasteiger partial charge in [0.25, 0.3) is 10.0 Å². The summed E-state index contributed by atoms with van der Waals surface area (Å²) in [4.78, 5) is 12.6. The van der Waals surface area contributed by atoms with Gasteiger partial charge < -0.3 is 9.47 Å². The molecule has 0 saturated carbocycles. The highest BCUT2D eigenvalue weighted by Gasteiger charge is 2.28. The maximum Gasteiger partial charge on any atom is 0.319 e. The van der Waals surface area contributed by atoms with Gasteiger partial charge in [-0.05, 0) is 36.8 Å². The summed E-state index contributed by atoms with van der Waals surface area (Å²) in [5, 5.41) is 9.57. The first kappa shape index (κ1) is 26.5. The molecule has 0 spiro atoms. The third kappa shape index (κ3) is 4.90. The Balaban J connectivity index is 1.75. The number of hydrogen-bond acceptors (Lipinski definition) is 8. The van der Waals surface area contributed by atoms with E-state index < -0.39 is 15.3 Å². The molecular formula is C28H26N4O5S2. The molecule has 11 heteroatoms. The van der Waals surface area contributed by atoms with E-state index in [2.05, 4.69) is 10.2 Å². The van der Waals surface area contributed by atoms with Crippen molar-refractivity contribution in [2.75, 3.05) is 14.2 Å². The van der Waals surface area contributed by atoms with Crippen LogP contribution in [0.1, 0.15) is 13.3 Å². The Bertz CT molecular complexity index is 1750. The molecule has 0 bridgehead atoms. The molecule has 0 saturated heterocycles. The van der Waals surface area contributed by atoms with Crippen molar-refractivity contribution in [2.45, 2.75) is 28.6 Å². The summed E-state index contributed by atoms with van der Waals surface area (Å²) in [5.41, 5.74) is 1.77. The van der Waals surface area contributed by atoms with Crippen LogP contribution in [0.3, 0.4) is 0 Å². The van der Waals surface area contributed by atoms with Crippen molar-refractivity contribution in [3.8, 4) is 22.8 Å². The number of aromatic nitrogens is 4. The van der Waals surface area contributed by atoms with Gasteiger partial charge in [-0.2, -0.15) is 0 Å². The second kappa shape index (κ2) is 11.0. The third-order valence-corrected chi connectivity index (χ3v) is 9.22. The fourth-order valence-corrected chi connectivity index (χ4v) is 6.68. The number of para-hydroxylation sites is 1. The first-order valence-corrected chi connectivity index (χ1v) is 14.5. The molecule has 0 aliphatic heterocycles. The van der Waals surface area contributed by atoms with Crippen LogP contribution in [0.4, 0.5) is 0 Å². The minimum absolute atomic E-state index is 0.173. The van der Waals surface area contributed by atoms with Crippen LogP contribution >= 0.6 is 11.8 Å². The number of methoxy groups -OCH3 is 2. The van der Waals surface area contributed by atoms with Gasteiger partial charge in [0.05, 0.1) is 30.3 Å². The summed E-state index contributed by atoms with van der Waals surface area (Å²) in [6.07, 6.45) is 2.09. The van der Waals surface area contributed by atoms with Gasteiger partial charge in [-0.15, -0.1) is 10.2 Å². The smallest absolute Gasteiger partial charge is 0.319 e. The molecule has 1 atom stereocenters. The van der Waals surface area contributed by atoms with Crippen molar-refractivity contribution in [1.29, 1.82) is 0 Å². The number of rotatable bonds is 9. The van der Waals surface area contributed by atoms with Crippen LogP contribution in [0.15, 0.2) is 95.1 Å². The van der Waals surface area contributed by atoms with E-state index >= 15 is 0 Å². The van der Waals surface area contributed by atoms with Crippen molar-refractivity contribution in [3.63, 3.8) is 0 Å². The van der Waals surface area contributed by atoms with Gasteiger partial charge in [0, 0.05) is 23.2 Å². The van der Waals surface area contributed by atoms with E-state index in [-0.39, 0.29) is 10.9 Å². The number of nitrogens with zero attached hydrogens (tertiary/aromatic N) is 4. The maximum absolute atomic E-state index is 13.7. The van der Waals surface area contributed by atoms with Gasteiger partial charge in [0.1, 0.15) is 11.0 Å². The number of benzene rings is 3. The Hall–Kier alpha value is -4.09. The standard InChI is InChI=1S/C28H26N4O5S2/c1-4-25(27(33)37-3)38-28-30-29-26(32(28)19-11-10-12-20(17-19)36-2)23-18-31(24-16-9-8-15-22(23)24)39(34,35)21-13-6-5-7-14-21/h5-18,25H,4H2,1-3H3/t25-/m1/s1. The average Bonchev–Trinajstić information content (AvgIpc) is 3.57. The van der Waals surface area contributed by atoms with E-state index in [4.69, 9.17) is 9.47 Å². The molecule has 0 N–H and O–H groups in total. The highest BCUT2D eigenvalue weighted by molar-refractivity contribution is 8.00. The molecule has 0 fully saturated rings. The molecule has 3 aromatic carbocycles. The van der Waals surface area contributed by atoms with Gasteiger partial charge in [-0.3, -0.25) is 9.36 Å². The van der Waals surface area contributed by atoms with Crippen LogP contribution in [-0.2, 0) is 19.6 Å². The molecule has 0 aliphatic carbocycles. The van der Waals surface area contributed by atoms with Crippen molar-refractivity contribution in [2.24, 2.45) is 0 Å². The summed E-state index contributed by atoms with van der Waals surface area (Å²) in [7, 11) is -0.968. The SMILES string of the molecule is CC[C@@H](Sc1nnc(-c2cn(S(=O)(=O)c3ccccc3)c3ccccc23)n1-c1cccc(OC)c1)C(=O)OC. The minimum atomic E-state index is -3.90. The fourth-order valence-electron chi connectivity index (χ4n) is 4.29. The van der Waals surface area contributed by atoms with E-state index in [1.807, 2.05) is 43.3 Å². The normalized spacial score (nSPS) is 12.4. The Kier molecular flexibility index (Phi) is 7.45. The summed E-state index contributed by atoms with van der Waals surface area (Å²) < 4.78 is 40.9. The number of thioether (sulfide) groups is 1. The topological polar surface area (TPSA) is 105 Å². The number of carbonyl (C=O) groups is 1. The third-order valence-electron chi connectivity index (χ3n) is 6.25. The largest absolute Gasteiger partial charge is 0.497 e. The van der Waals surface area contributed by atoms with E-state index in [1.165, 1.54) is 22.8 Å². The molecule has 39 heavy (non-hydrogen) atoms. The highest BCUT2D eigenvalue weighted by Crippen LogP contribution is 2.37. The quantitative estimate of drug-likeness (QED) is 0.179. The highest BCUT2D eigenvalue weighted by atomic mass is 32.2. The van der Waals surface area contributed by atoms with Crippen LogP contribution in [0.2, 0.25) is 0 Å². The molecule has 5 rings (SSSR count). The zero-order chi connectivity index (χ0) is 27.6. The van der Waals surface area contributed by atoms with E-state index in [9.17, 15) is 13.2 Å². The summed E-state index contributed by atoms with van der Waals surface area (Å²) in [6, 6.07) is 22.9. The molecular weight excluding hydrogens is 536 g/mol. The molecule has 0 aliphatic rings. The van der Waals surface area contributed by atoms with E-state index in [0.29, 0.717) is 45.3 Å². The van der Waals surface area contributed by atoms with Gasteiger partial charge in [-0.1, -0.05) is 61.2 Å². The molecule has 0 radical (unpaired) electrons. The second-order valence-electron chi connectivity index (χ2n) is 8.55. The fraction of sp³-hybridized carbons (Fsp3) is 0.179. The monoisotopic (exact) mass is 562 g/mol. The van der Waals surface area contributed by atoms with Crippen LogP contribution < -0.4 is 4.74 Å². The van der Waals surface area contributed by atoms with Gasteiger partial charge in [0.2, 0.25) is 0 Å². The van der Waals surface area contributed by atoms with Crippen LogP contribution in [0.25, 0.3) is 28.0 Å². The first-order chi connectivity index (χ1) is 18.9. The van der Waals surface area contributed by atoms with Crippen molar-refractivity contribution in [1.82, 2.24) is 18.7 Å². The molecule has 5 aromatic rings. The number of fused-ring (bicyclic) bond motifs is 1.